The molecular formula is C20H35N3O. The van der Waals surface area contributed by atoms with Crippen LogP contribution < -0.4 is 5.73 Å². The van der Waals surface area contributed by atoms with Gasteiger partial charge in [-0.1, -0.05) is 78.2 Å². The predicted octanol–water partition coefficient (Wildman–Crippen LogP) is 4.97. The highest BCUT2D eigenvalue weighted by Gasteiger charge is 2.36. The molecule has 0 aliphatic carbocycles. The first-order valence-electron chi connectivity index (χ1n) is 9.69. The van der Waals surface area contributed by atoms with Gasteiger partial charge in [-0.15, -0.1) is 0 Å². The zero-order chi connectivity index (χ0) is 17.8. The lowest BCUT2D eigenvalue weighted by Crippen LogP contribution is -2.36. The van der Waals surface area contributed by atoms with Crippen molar-refractivity contribution >= 4 is 18.0 Å². The van der Waals surface area contributed by atoms with E-state index in [0.29, 0.717) is 5.57 Å². The Labute approximate surface area is 147 Å². The van der Waals surface area contributed by atoms with Gasteiger partial charge in [0, 0.05) is 18.2 Å². The molecule has 1 atom stereocenters. The van der Waals surface area contributed by atoms with Crippen molar-refractivity contribution < 1.29 is 4.79 Å². The van der Waals surface area contributed by atoms with Crippen LogP contribution in [0.5, 0.6) is 0 Å². The molecule has 4 heteroatoms. The topological polar surface area (TPSA) is 67.8 Å². The Morgan fingerprint density at radius 1 is 1.04 bits per heavy atom. The molecule has 2 N–H and O–H groups in total. The molecule has 0 saturated carbocycles. The maximum absolute atomic E-state index is 11.7. The Morgan fingerprint density at radius 2 is 1.62 bits per heavy atom. The fourth-order valence-electron chi connectivity index (χ4n) is 3.10. The molecule has 0 radical (unpaired) electrons. The van der Waals surface area contributed by atoms with E-state index in [-0.39, 0.29) is 0 Å². The molecule has 0 fully saturated rings. The molecular weight excluding hydrogens is 298 g/mol. The average Bonchev–Trinajstić information content (AvgIpc) is 2.98. The summed E-state index contributed by atoms with van der Waals surface area (Å²) < 4.78 is 0. The molecule has 0 saturated heterocycles. The minimum absolute atomic E-state index is 0.378. The molecule has 1 unspecified atom stereocenters. The number of carbonyl (C=O) groups excluding carboxylic acids is 1. The Morgan fingerprint density at radius 3 is 2.21 bits per heavy atom. The van der Waals surface area contributed by atoms with Crippen LogP contribution in [0.15, 0.2) is 22.1 Å². The lowest BCUT2D eigenvalue weighted by molar-refractivity contribution is -0.114. The molecule has 0 bridgehead atoms. The van der Waals surface area contributed by atoms with E-state index in [1.165, 1.54) is 44.9 Å². The number of nitrogens with zero attached hydrogens (tertiary/aromatic N) is 2. The molecule has 1 aliphatic rings. The van der Waals surface area contributed by atoms with Crippen LogP contribution >= 0.6 is 0 Å². The highest BCUT2D eigenvalue weighted by atomic mass is 16.1. The lowest BCUT2D eigenvalue weighted by Gasteiger charge is -2.23. The van der Waals surface area contributed by atoms with E-state index in [9.17, 15) is 4.79 Å². The van der Waals surface area contributed by atoms with Gasteiger partial charge in [-0.05, 0) is 12.8 Å². The van der Waals surface area contributed by atoms with Crippen molar-refractivity contribution in [3.8, 4) is 0 Å². The maximum atomic E-state index is 11.7. The lowest BCUT2D eigenvalue weighted by atomic mass is 9.86. The monoisotopic (exact) mass is 333 g/mol. The van der Waals surface area contributed by atoms with Gasteiger partial charge in [0.1, 0.15) is 11.4 Å². The van der Waals surface area contributed by atoms with Gasteiger partial charge in [-0.2, -0.15) is 0 Å². The number of carbonyl (C=O) groups is 1. The normalized spacial score (nSPS) is 19.5. The van der Waals surface area contributed by atoms with E-state index in [1.54, 1.807) is 6.21 Å². The molecule has 4 nitrogen and oxygen atoms in total. The highest BCUT2D eigenvalue weighted by molar-refractivity contribution is 6.06. The number of unbranched alkanes of at least 4 members (excludes halogenated alkanes) is 8. The molecule has 136 valence electrons. The molecule has 1 heterocycles. The Hall–Kier alpha value is -1.45. The summed E-state index contributed by atoms with van der Waals surface area (Å²) in [6.45, 7) is 8.33. The molecule has 24 heavy (non-hydrogen) atoms. The fraction of sp³-hybridized carbons (Fsp3) is 0.750. The van der Waals surface area contributed by atoms with Crippen molar-refractivity contribution in [1.82, 2.24) is 0 Å². The highest BCUT2D eigenvalue weighted by Crippen LogP contribution is 2.30. The van der Waals surface area contributed by atoms with Gasteiger partial charge >= 0.3 is 0 Å². The quantitative estimate of drug-likeness (QED) is 0.354. The molecule has 1 aliphatic heterocycles. The van der Waals surface area contributed by atoms with Crippen molar-refractivity contribution in [3.63, 3.8) is 0 Å². The van der Waals surface area contributed by atoms with Crippen LogP contribution in [0.4, 0.5) is 0 Å². The molecule has 1 rings (SSSR count). The summed E-state index contributed by atoms with van der Waals surface area (Å²) in [5.74, 6) is 0.380. The number of hydrogen-bond donors (Lipinski definition) is 1. The summed E-state index contributed by atoms with van der Waals surface area (Å²) in [5.41, 5.74) is 5.18. The first-order chi connectivity index (χ1) is 11.6. The minimum atomic E-state index is -0.684. The number of nitrogens with two attached hydrogens (primary N) is 1. The Bertz CT molecular complexity index is 468. The minimum Gasteiger partial charge on any atom is -0.366 e. The van der Waals surface area contributed by atoms with Crippen molar-refractivity contribution in [2.75, 3.05) is 0 Å². The van der Waals surface area contributed by atoms with E-state index in [2.05, 4.69) is 25.4 Å². The van der Waals surface area contributed by atoms with Gasteiger partial charge in [0.2, 0.25) is 5.91 Å². The van der Waals surface area contributed by atoms with Crippen LogP contribution in [-0.4, -0.2) is 23.5 Å². The molecule has 0 aromatic heterocycles. The average molecular weight is 334 g/mol. The van der Waals surface area contributed by atoms with Crippen molar-refractivity contribution in [1.29, 1.82) is 0 Å². The van der Waals surface area contributed by atoms with Gasteiger partial charge in [-0.3, -0.25) is 9.79 Å². The molecule has 0 aromatic rings. The Kier molecular flexibility index (Phi) is 9.58. The number of primary amides is 1. The SMILES string of the molecule is C=C(C(N)=O)C1(CCCCCCC)C=NC(CCCCCCC)=N1. The van der Waals surface area contributed by atoms with Crippen molar-refractivity contribution in [3.05, 3.63) is 12.2 Å². The number of amidine groups is 1. The Balaban J connectivity index is 2.59. The van der Waals surface area contributed by atoms with Gasteiger partial charge in [0.25, 0.3) is 0 Å². The van der Waals surface area contributed by atoms with Gasteiger partial charge in [0.05, 0.1) is 0 Å². The van der Waals surface area contributed by atoms with E-state index in [1.807, 2.05) is 0 Å². The third-order valence-corrected chi connectivity index (χ3v) is 4.74. The van der Waals surface area contributed by atoms with Crippen LogP contribution in [-0.2, 0) is 4.79 Å². The van der Waals surface area contributed by atoms with E-state index in [4.69, 9.17) is 10.7 Å². The zero-order valence-electron chi connectivity index (χ0n) is 15.6. The summed E-state index contributed by atoms with van der Waals surface area (Å²) in [7, 11) is 0. The van der Waals surface area contributed by atoms with Crippen LogP contribution in [0.25, 0.3) is 0 Å². The fourth-order valence-corrected chi connectivity index (χ4v) is 3.10. The zero-order valence-corrected chi connectivity index (χ0v) is 15.6. The van der Waals surface area contributed by atoms with Crippen molar-refractivity contribution in [2.45, 2.75) is 96.4 Å². The molecule has 0 spiro atoms. The third-order valence-electron chi connectivity index (χ3n) is 4.74. The number of hydrogen-bond acceptors (Lipinski definition) is 3. The van der Waals surface area contributed by atoms with Gasteiger partial charge < -0.3 is 5.73 Å². The van der Waals surface area contributed by atoms with Gasteiger partial charge in [0.15, 0.2) is 0 Å². The third kappa shape index (κ3) is 6.58. The van der Waals surface area contributed by atoms with E-state index < -0.39 is 11.4 Å². The van der Waals surface area contributed by atoms with Crippen LogP contribution in [0.3, 0.4) is 0 Å². The second-order valence-electron chi connectivity index (χ2n) is 6.88. The first-order valence-corrected chi connectivity index (χ1v) is 9.69. The van der Waals surface area contributed by atoms with E-state index in [0.717, 1.165) is 37.9 Å². The second kappa shape index (κ2) is 11.2. The second-order valence-corrected chi connectivity index (χ2v) is 6.88. The van der Waals surface area contributed by atoms with Crippen LogP contribution in [0, 0.1) is 0 Å². The molecule has 1 amide bonds. The van der Waals surface area contributed by atoms with Gasteiger partial charge in [-0.25, -0.2) is 4.99 Å². The smallest absolute Gasteiger partial charge is 0.246 e. The summed E-state index contributed by atoms with van der Waals surface area (Å²) in [6.07, 6.45) is 15.5. The van der Waals surface area contributed by atoms with Crippen molar-refractivity contribution in [2.24, 2.45) is 15.7 Å². The summed E-state index contributed by atoms with van der Waals surface area (Å²) in [5, 5.41) is 0. The number of amides is 1. The van der Waals surface area contributed by atoms with E-state index >= 15 is 0 Å². The molecule has 0 aromatic carbocycles. The number of aliphatic imine (C=N–C) groups is 2. The summed E-state index contributed by atoms with van der Waals surface area (Å²) in [4.78, 5) is 20.9. The first kappa shape index (κ1) is 20.6. The number of rotatable bonds is 14. The van der Waals surface area contributed by atoms with Crippen LogP contribution in [0.2, 0.25) is 0 Å². The standard InChI is InChI=1S/C20H35N3O/c1-4-6-8-10-12-14-18-22-16-20(23-18,17(3)19(21)24)15-13-11-9-7-5-2/h16H,3-15H2,1-2H3,(H2,21,24). The van der Waals surface area contributed by atoms with Crippen LogP contribution in [0.1, 0.15) is 90.9 Å². The predicted molar refractivity (Wildman–Crippen MR) is 104 cm³/mol. The summed E-state index contributed by atoms with van der Waals surface area (Å²) in [6, 6.07) is 0. The largest absolute Gasteiger partial charge is 0.366 e. The maximum Gasteiger partial charge on any atom is 0.246 e. The summed E-state index contributed by atoms with van der Waals surface area (Å²) >= 11 is 0.